The van der Waals surface area contributed by atoms with Gasteiger partial charge in [0.25, 0.3) is 10.2 Å². The minimum absolute atomic E-state index is 0.159. The second kappa shape index (κ2) is 6.82. The molecule has 0 aliphatic heterocycles. The molecule has 0 saturated carbocycles. The summed E-state index contributed by atoms with van der Waals surface area (Å²) in [4.78, 5) is 3.90. The fraction of sp³-hybridized carbons (Fsp3) is 0.455. The van der Waals surface area contributed by atoms with E-state index in [1.54, 1.807) is 12.1 Å². The first-order chi connectivity index (χ1) is 8.87. The van der Waals surface area contributed by atoms with E-state index < -0.39 is 10.2 Å². The first-order valence-electron chi connectivity index (χ1n) is 5.53. The van der Waals surface area contributed by atoms with E-state index in [9.17, 15) is 8.42 Å². The van der Waals surface area contributed by atoms with Gasteiger partial charge < -0.3 is 0 Å². The highest BCUT2D eigenvalue weighted by atomic mass is 35.5. The number of pyridine rings is 1. The van der Waals surface area contributed by atoms with Crippen LogP contribution in [0.15, 0.2) is 18.3 Å². The molecule has 0 fully saturated rings. The molecule has 0 unspecified atom stereocenters. The number of rotatable bonds is 6. The minimum atomic E-state index is -3.56. The highest BCUT2D eigenvalue weighted by Gasteiger charge is 2.23. The third-order valence-corrected chi connectivity index (χ3v) is 4.63. The largest absolute Gasteiger partial charge is 0.281 e. The van der Waals surface area contributed by atoms with Crippen molar-refractivity contribution in [1.29, 1.82) is 5.26 Å². The highest BCUT2D eigenvalue weighted by Crippen LogP contribution is 2.11. The molecule has 0 bridgehead atoms. The van der Waals surface area contributed by atoms with Crippen LogP contribution >= 0.6 is 11.6 Å². The molecule has 0 aromatic carbocycles. The van der Waals surface area contributed by atoms with Crippen molar-refractivity contribution in [3.63, 3.8) is 0 Å². The predicted molar refractivity (Wildman–Crippen MR) is 72.5 cm³/mol. The van der Waals surface area contributed by atoms with Gasteiger partial charge in [0.1, 0.15) is 5.15 Å². The van der Waals surface area contributed by atoms with Gasteiger partial charge in [0.2, 0.25) is 0 Å². The Hall–Kier alpha value is -1.20. The normalized spacial score (nSPS) is 11.8. The molecule has 0 aliphatic rings. The van der Waals surface area contributed by atoms with Gasteiger partial charge in [0, 0.05) is 39.8 Å². The minimum Gasteiger partial charge on any atom is -0.244 e. The highest BCUT2D eigenvalue weighted by molar-refractivity contribution is 7.86. The van der Waals surface area contributed by atoms with E-state index in [1.165, 1.54) is 24.6 Å². The molecular formula is C11H15ClN4O2S. The molecule has 1 aromatic rings. The van der Waals surface area contributed by atoms with Crippen LogP contribution < -0.4 is 0 Å². The summed E-state index contributed by atoms with van der Waals surface area (Å²) in [5, 5.41) is 8.84. The molecule has 1 rings (SSSR count). The summed E-state index contributed by atoms with van der Waals surface area (Å²) in [6.45, 7) is 0.367. The van der Waals surface area contributed by atoms with Crippen LogP contribution in [0.3, 0.4) is 0 Å². The number of halogens is 1. The fourth-order valence-electron chi connectivity index (χ4n) is 1.40. The van der Waals surface area contributed by atoms with E-state index in [0.29, 0.717) is 5.15 Å². The number of nitriles is 1. The number of hydrogen-bond acceptors (Lipinski definition) is 4. The molecule has 0 atom stereocenters. The molecule has 0 N–H and O–H groups in total. The first kappa shape index (κ1) is 15.9. The summed E-state index contributed by atoms with van der Waals surface area (Å²) in [6.07, 6.45) is 1.69. The van der Waals surface area contributed by atoms with Crippen LogP contribution in [0.2, 0.25) is 5.15 Å². The van der Waals surface area contributed by atoms with E-state index in [1.807, 2.05) is 6.07 Å². The van der Waals surface area contributed by atoms with Gasteiger partial charge in [-0.25, -0.2) is 4.98 Å². The third kappa shape index (κ3) is 4.44. The van der Waals surface area contributed by atoms with E-state index >= 15 is 0 Å². The van der Waals surface area contributed by atoms with Gasteiger partial charge in [-0.05, 0) is 11.6 Å². The van der Waals surface area contributed by atoms with Crippen molar-refractivity contribution >= 4 is 21.8 Å². The monoisotopic (exact) mass is 302 g/mol. The van der Waals surface area contributed by atoms with Gasteiger partial charge in [0.15, 0.2) is 0 Å². The summed E-state index contributed by atoms with van der Waals surface area (Å²) < 4.78 is 26.6. The molecule has 8 heteroatoms. The first-order valence-corrected chi connectivity index (χ1v) is 7.30. The van der Waals surface area contributed by atoms with Gasteiger partial charge in [-0.15, -0.1) is 0 Å². The topological polar surface area (TPSA) is 77.3 Å². The van der Waals surface area contributed by atoms with Gasteiger partial charge in [-0.3, -0.25) is 0 Å². The number of hydrogen-bond donors (Lipinski definition) is 0. The SMILES string of the molecule is CN(CCC#N)S(=O)(=O)N(C)Cc1ccc(Cl)nc1. The predicted octanol–water partition coefficient (Wildman–Crippen LogP) is 1.26. The molecule has 6 nitrogen and oxygen atoms in total. The molecule has 1 heterocycles. The lowest BCUT2D eigenvalue weighted by molar-refractivity contribution is 0.392. The van der Waals surface area contributed by atoms with Gasteiger partial charge in [-0.1, -0.05) is 17.7 Å². The standard InChI is InChI=1S/C11H15ClN4O2S/c1-15(7-3-6-13)19(17,18)16(2)9-10-4-5-11(12)14-8-10/h4-5,8H,3,7,9H2,1-2H3. The van der Waals surface area contributed by atoms with Gasteiger partial charge >= 0.3 is 0 Å². The molecule has 0 amide bonds. The Kier molecular flexibility index (Phi) is 5.69. The molecule has 104 valence electrons. The van der Waals surface area contributed by atoms with Crippen molar-refractivity contribution in [2.45, 2.75) is 13.0 Å². The molecule has 0 aliphatic carbocycles. The Bertz CT molecular complexity index is 553. The van der Waals surface area contributed by atoms with Gasteiger partial charge in [-0.2, -0.15) is 22.3 Å². The second-order valence-corrected chi connectivity index (χ2v) is 6.51. The molecular weight excluding hydrogens is 288 g/mol. The van der Waals surface area contributed by atoms with Crippen LogP contribution in [0.5, 0.6) is 0 Å². The van der Waals surface area contributed by atoms with Crippen molar-refractivity contribution in [3.05, 3.63) is 29.0 Å². The quantitative estimate of drug-likeness (QED) is 0.741. The molecule has 19 heavy (non-hydrogen) atoms. The smallest absolute Gasteiger partial charge is 0.244 e. The summed E-state index contributed by atoms with van der Waals surface area (Å²) in [5.41, 5.74) is 0.740. The van der Waals surface area contributed by atoms with Crippen molar-refractivity contribution < 1.29 is 8.42 Å². The zero-order valence-corrected chi connectivity index (χ0v) is 12.3. The van der Waals surface area contributed by atoms with Crippen molar-refractivity contribution in [1.82, 2.24) is 13.6 Å². The third-order valence-electron chi connectivity index (χ3n) is 2.52. The summed E-state index contributed by atoms with van der Waals surface area (Å²) in [6, 6.07) is 5.24. The Labute approximate surface area is 118 Å². The Morgan fingerprint density at radius 1 is 1.37 bits per heavy atom. The molecule has 0 saturated heterocycles. The van der Waals surface area contributed by atoms with Crippen molar-refractivity contribution in [2.75, 3.05) is 20.6 Å². The average molecular weight is 303 g/mol. The fourth-order valence-corrected chi connectivity index (χ4v) is 2.62. The van der Waals surface area contributed by atoms with E-state index in [4.69, 9.17) is 16.9 Å². The maximum atomic E-state index is 12.1. The van der Waals surface area contributed by atoms with E-state index in [-0.39, 0.29) is 19.5 Å². The van der Waals surface area contributed by atoms with E-state index in [2.05, 4.69) is 4.98 Å². The molecule has 1 aromatic heterocycles. The Morgan fingerprint density at radius 2 is 2.05 bits per heavy atom. The Balaban J connectivity index is 2.73. The maximum Gasteiger partial charge on any atom is 0.281 e. The second-order valence-electron chi connectivity index (χ2n) is 3.98. The van der Waals surface area contributed by atoms with Gasteiger partial charge in [0.05, 0.1) is 6.07 Å². The average Bonchev–Trinajstić information content (AvgIpc) is 2.38. The van der Waals surface area contributed by atoms with Crippen molar-refractivity contribution in [2.24, 2.45) is 0 Å². The van der Waals surface area contributed by atoms with Crippen LogP contribution in [0, 0.1) is 11.3 Å². The number of aromatic nitrogens is 1. The Morgan fingerprint density at radius 3 is 2.58 bits per heavy atom. The van der Waals surface area contributed by atoms with Crippen LogP contribution in [0.4, 0.5) is 0 Å². The van der Waals surface area contributed by atoms with E-state index in [0.717, 1.165) is 9.87 Å². The lowest BCUT2D eigenvalue weighted by atomic mass is 10.3. The van der Waals surface area contributed by atoms with Crippen LogP contribution in [-0.2, 0) is 16.8 Å². The maximum absolute atomic E-state index is 12.1. The lowest BCUT2D eigenvalue weighted by Gasteiger charge is -2.23. The summed E-state index contributed by atoms with van der Waals surface area (Å²) in [7, 11) is -0.638. The van der Waals surface area contributed by atoms with Crippen LogP contribution in [0.1, 0.15) is 12.0 Å². The number of nitrogens with zero attached hydrogens (tertiary/aromatic N) is 4. The zero-order chi connectivity index (χ0) is 14.5. The summed E-state index contributed by atoms with van der Waals surface area (Å²) in [5.74, 6) is 0. The van der Waals surface area contributed by atoms with Crippen LogP contribution in [0.25, 0.3) is 0 Å². The lowest BCUT2D eigenvalue weighted by Crippen LogP contribution is -2.39. The zero-order valence-electron chi connectivity index (χ0n) is 10.7. The van der Waals surface area contributed by atoms with Crippen LogP contribution in [-0.4, -0.2) is 42.7 Å². The molecule has 0 radical (unpaired) electrons. The molecule has 0 spiro atoms. The summed E-state index contributed by atoms with van der Waals surface area (Å²) >= 11 is 5.66. The van der Waals surface area contributed by atoms with Crippen molar-refractivity contribution in [3.8, 4) is 6.07 Å².